The molecule has 2 aliphatic rings. The molecule has 0 aromatic carbocycles. The maximum atomic E-state index is 11.5. The summed E-state index contributed by atoms with van der Waals surface area (Å²) in [6.45, 7) is 0.697. The zero-order chi connectivity index (χ0) is 10.2. The molecule has 1 saturated carbocycles. The van der Waals surface area contributed by atoms with Crippen molar-refractivity contribution in [1.82, 2.24) is 5.32 Å². The van der Waals surface area contributed by atoms with Crippen LogP contribution in [-0.4, -0.2) is 25.5 Å². The van der Waals surface area contributed by atoms with E-state index >= 15 is 0 Å². The standard InChI is InChI=1S/C10H15NO3/c1-14-9(13)10(3-4-10)7-2-5-11-8(12)6-7/h7H,2-6H2,1H3,(H,11,12). The summed E-state index contributed by atoms with van der Waals surface area (Å²) >= 11 is 0. The Bertz CT molecular complexity index is 271. The van der Waals surface area contributed by atoms with Gasteiger partial charge < -0.3 is 10.1 Å². The normalized spacial score (nSPS) is 29.2. The van der Waals surface area contributed by atoms with E-state index in [1.165, 1.54) is 7.11 Å². The molecule has 4 heteroatoms. The number of methoxy groups -OCH3 is 1. The van der Waals surface area contributed by atoms with Gasteiger partial charge in [-0.3, -0.25) is 9.59 Å². The van der Waals surface area contributed by atoms with Crippen molar-refractivity contribution in [3.05, 3.63) is 0 Å². The summed E-state index contributed by atoms with van der Waals surface area (Å²) < 4.78 is 4.80. The van der Waals surface area contributed by atoms with E-state index in [0.29, 0.717) is 13.0 Å². The minimum absolute atomic E-state index is 0.0661. The molecule has 1 heterocycles. The third-order valence-electron chi connectivity index (χ3n) is 3.41. The van der Waals surface area contributed by atoms with E-state index in [-0.39, 0.29) is 23.2 Å². The molecule has 0 radical (unpaired) electrons. The van der Waals surface area contributed by atoms with Crippen molar-refractivity contribution in [2.45, 2.75) is 25.7 Å². The Morgan fingerprint density at radius 1 is 1.57 bits per heavy atom. The fraction of sp³-hybridized carbons (Fsp3) is 0.800. The first-order chi connectivity index (χ1) is 6.69. The Hall–Kier alpha value is -1.06. The van der Waals surface area contributed by atoms with Gasteiger partial charge in [-0.2, -0.15) is 0 Å². The molecule has 0 bridgehead atoms. The maximum Gasteiger partial charge on any atom is 0.312 e. The number of amides is 1. The number of esters is 1. The highest BCUT2D eigenvalue weighted by molar-refractivity contribution is 5.83. The largest absolute Gasteiger partial charge is 0.469 e. The molecule has 1 N–H and O–H groups in total. The van der Waals surface area contributed by atoms with Gasteiger partial charge in [0.15, 0.2) is 0 Å². The van der Waals surface area contributed by atoms with Crippen LogP contribution in [0, 0.1) is 11.3 Å². The Morgan fingerprint density at radius 2 is 2.29 bits per heavy atom. The molecule has 0 aromatic rings. The highest BCUT2D eigenvalue weighted by Gasteiger charge is 2.57. The van der Waals surface area contributed by atoms with E-state index in [0.717, 1.165) is 19.3 Å². The molecular formula is C10H15NO3. The van der Waals surface area contributed by atoms with Crippen LogP contribution < -0.4 is 5.32 Å². The third kappa shape index (κ3) is 1.38. The monoisotopic (exact) mass is 197 g/mol. The highest BCUT2D eigenvalue weighted by atomic mass is 16.5. The number of hydrogen-bond donors (Lipinski definition) is 1. The van der Waals surface area contributed by atoms with Crippen LogP contribution in [0.3, 0.4) is 0 Å². The van der Waals surface area contributed by atoms with Crippen LogP contribution in [0.1, 0.15) is 25.7 Å². The summed E-state index contributed by atoms with van der Waals surface area (Å²) in [4.78, 5) is 22.7. The number of rotatable bonds is 2. The first-order valence-corrected chi connectivity index (χ1v) is 5.04. The molecule has 0 aromatic heterocycles. The van der Waals surface area contributed by atoms with E-state index < -0.39 is 0 Å². The quantitative estimate of drug-likeness (QED) is 0.654. The lowest BCUT2D eigenvalue weighted by molar-refractivity contribution is -0.150. The molecule has 2 fully saturated rings. The smallest absolute Gasteiger partial charge is 0.312 e. The lowest BCUT2D eigenvalue weighted by Gasteiger charge is -2.28. The lowest BCUT2D eigenvalue weighted by Crippen LogP contribution is -2.39. The topological polar surface area (TPSA) is 55.4 Å². The van der Waals surface area contributed by atoms with Gasteiger partial charge in [0.25, 0.3) is 0 Å². The zero-order valence-corrected chi connectivity index (χ0v) is 8.34. The summed E-state index contributed by atoms with van der Waals surface area (Å²) in [7, 11) is 1.42. The summed E-state index contributed by atoms with van der Waals surface area (Å²) in [5.41, 5.74) is -0.313. The van der Waals surface area contributed by atoms with Crippen LogP contribution in [-0.2, 0) is 14.3 Å². The fourth-order valence-corrected chi connectivity index (χ4v) is 2.37. The highest BCUT2D eigenvalue weighted by Crippen LogP contribution is 2.55. The predicted molar refractivity (Wildman–Crippen MR) is 49.4 cm³/mol. The average Bonchev–Trinajstić information content (AvgIpc) is 2.97. The summed E-state index contributed by atoms with van der Waals surface area (Å²) in [6, 6.07) is 0. The summed E-state index contributed by atoms with van der Waals surface area (Å²) in [6.07, 6.45) is 3.16. The van der Waals surface area contributed by atoms with Gasteiger partial charge in [0.1, 0.15) is 0 Å². The fourth-order valence-electron chi connectivity index (χ4n) is 2.37. The second-order valence-electron chi connectivity index (χ2n) is 4.19. The van der Waals surface area contributed by atoms with Crippen molar-refractivity contribution in [2.75, 3.05) is 13.7 Å². The Kier molecular flexibility index (Phi) is 2.21. The van der Waals surface area contributed by atoms with Crippen LogP contribution in [0.2, 0.25) is 0 Å². The van der Waals surface area contributed by atoms with E-state index in [9.17, 15) is 9.59 Å². The van der Waals surface area contributed by atoms with Gasteiger partial charge in [0.2, 0.25) is 5.91 Å². The molecule has 14 heavy (non-hydrogen) atoms. The van der Waals surface area contributed by atoms with Gasteiger partial charge in [-0.05, 0) is 25.2 Å². The van der Waals surface area contributed by atoms with Crippen molar-refractivity contribution in [3.63, 3.8) is 0 Å². The molecule has 2 rings (SSSR count). The van der Waals surface area contributed by atoms with Crippen LogP contribution in [0.25, 0.3) is 0 Å². The van der Waals surface area contributed by atoms with Crippen LogP contribution in [0.5, 0.6) is 0 Å². The molecule has 1 aliphatic carbocycles. The van der Waals surface area contributed by atoms with Gasteiger partial charge in [-0.15, -0.1) is 0 Å². The molecule has 1 unspecified atom stereocenters. The Morgan fingerprint density at radius 3 is 2.79 bits per heavy atom. The lowest BCUT2D eigenvalue weighted by atomic mass is 9.82. The van der Waals surface area contributed by atoms with E-state index in [1.807, 2.05) is 0 Å². The second kappa shape index (κ2) is 3.26. The minimum atomic E-state index is -0.313. The molecular weight excluding hydrogens is 182 g/mol. The SMILES string of the molecule is COC(=O)C1(C2CCNC(=O)C2)CC1. The van der Waals surface area contributed by atoms with E-state index in [1.54, 1.807) is 0 Å². The first kappa shape index (κ1) is 9.49. The van der Waals surface area contributed by atoms with Crippen molar-refractivity contribution in [2.24, 2.45) is 11.3 Å². The van der Waals surface area contributed by atoms with Crippen molar-refractivity contribution in [1.29, 1.82) is 0 Å². The minimum Gasteiger partial charge on any atom is -0.469 e. The third-order valence-corrected chi connectivity index (χ3v) is 3.41. The van der Waals surface area contributed by atoms with Gasteiger partial charge in [-0.1, -0.05) is 0 Å². The summed E-state index contributed by atoms with van der Waals surface area (Å²) in [5.74, 6) is 0.136. The molecule has 1 atom stereocenters. The van der Waals surface area contributed by atoms with Gasteiger partial charge in [0.05, 0.1) is 12.5 Å². The zero-order valence-electron chi connectivity index (χ0n) is 8.34. The van der Waals surface area contributed by atoms with Crippen LogP contribution >= 0.6 is 0 Å². The molecule has 78 valence electrons. The molecule has 4 nitrogen and oxygen atoms in total. The van der Waals surface area contributed by atoms with E-state index in [2.05, 4.69) is 5.32 Å². The maximum absolute atomic E-state index is 11.5. The Labute approximate surface area is 83.0 Å². The molecule has 1 amide bonds. The van der Waals surface area contributed by atoms with Gasteiger partial charge >= 0.3 is 5.97 Å². The van der Waals surface area contributed by atoms with Crippen molar-refractivity contribution < 1.29 is 14.3 Å². The number of piperidine rings is 1. The van der Waals surface area contributed by atoms with Gasteiger partial charge in [-0.25, -0.2) is 0 Å². The average molecular weight is 197 g/mol. The van der Waals surface area contributed by atoms with Gasteiger partial charge in [0, 0.05) is 13.0 Å². The number of carbonyl (C=O) groups excluding carboxylic acids is 2. The van der Waals surface area contributed by atoms with E-state index in [4.69, 9.17) is 4.74 Å². The summed E-state index contributed by atoms with van der Waals surface area (Å²) in [5, 5.41) is 2.78. The van der Waals surface area contributed by atoms with Crippen LogP contribution in [0.15, 0.2) is 0 Å². The predicted octanol–water partition coefficient (Wildman–Crippen LogP) is 0.466. The number of hydrogen-bond acceptors (Lipinski definition) is 3. The Balaban J connectivity index is 2.06. The van der Waals surface area contributed by atoms with Crippen molar-refractivity contribution >= 4 is 11.9 Å². The molecule has 1 aliphatic heterocycles. The molecule has 0 spiro atoms. The second-order valence-corrected chi connectivity index (χ2v) is 4.19. The number of nitrogens with one attached hydrogen (secondary N) is 1. The first-order valence-electron chi connectivity index (χ1n) is 5.04. The molecule has 1 saturated heterocycles. The van der Waals surface area contributed by atoms with Crippen LogP contribution in [0.4, 0.5) is 0 Å². The van der Waals surface area contributed by atoms with Crippen molar-refractivity contribution in [3.8, 4) is 0 Å². The number of carbonyl (C=O) groups is 2. The number of ether oxygens (including phenoxy) is 1.